The van der Waals surface area contributed by atoms with Crippen LogP contribution in [0, 0.1) is 6.92 Å². The van der Waals surface area contributed by atoms with Crippen molar-refractivity contribution in [2.75, 3.05) is 30.8 Å². The van der Waals surface area contributed by atoms with Crippen molar-refractivity contribution < 1.29 is 28.3 Å². The number of ether oxygens (including phenoxy) is 1. The van der Waals surface area contributed by atoms with Crippen LogP contribution in [0.1, 0.15) is 25.8 Å². The lowest BCUT2D eigenvalue weighted by Gasteiger charge is -2.17. The Morgan fingerprint density at radius 2 is 1.88 bits per heavy atom. The van der Waals surface area contributed by atoms with Gasteiger partial charge in [0.15, 0.2) is 12.4 Å². The highest BCUT2D eigenvalue weighted by molar-refractivity contribution is 7.18. The summed E-state index contributed by atoms with van der Waals surface area (Å²) in [6, 6.07) is 11.4. The quantitative estimate of drug-likeness (QED) is 0.464. The molecule has 0 saturated carbocycles. The van der Waals surface area contributed by atoms with Gasteiger partial charge in [0.05, 0.1) is 28.5 Å². The number of carbonyl (C=O) groups excluding carboxylic acids is 4. The molecular weight excluding hydrogens is 470 g/mol. The molecule has 33 heavy (non-hydrogen) atoms. The molecule has 2 aromatic heterocycles. The number of hydrogen-bond acceptors (Lipinski definition) is 7. The molecule has 0 aliphatic carbocycles. The number of thiophene rings is 1. The van der Waals surface area contributed by atoms with Gasteiger partial charge < -0.3 is 24.7 Å². The van der Waals surface area contributed by atoms with Crippen molar-refractivity contribution in [3.05, 3.63) is 70.0 Å². The molecule has 0 aliphatic heterocycles. The summed E-state index contributed by atoms with van der Waals surface area (Å²) in [7, 11) is 1.42. The Bertz CT molecular complexity index is 1170. The first kappa shape index (κ1) is 24.0. The van der Waals surface area contributed by atoms with Gasteiger partial charge in [-0.15, -0.1) is 11.3 Å². The normalized spacial score (nSPS) is 10.4. The van der Waals surface area contributed by atoms with Gasteiger partial charge in [-0.1, -0.05) is 23.7 Å². The van der Waals surface area contributed by atoms with E-state index in [-0.39, 0.29) is 17.2 Å². The maximum atomic E-state index is 12.4. The van der Waals surface area contributed by atoms with Crippen LogP contribution in [0.5, 0.6) is 0 Å². The molecular formula is C22H20ClN3O6S. The number of amides is 3. The minimum absolute atomic E-state index is 0.136. The molecule has 0 bridgehead atoms. The summed E-state index contributed by atoms with van der Waals surface area (Å²) in [5.74, 6) is -2.03. The first-order valence-corrected chi connectivity index (χ1v) is 10.8. The van der Waals surface area contributed by atoms with Crippen molar-refractivity contribution in [2.45, 2.75) is 6.92 Å². The van der Waals surface area contributed by atoms with Gasteiger partial charge in [-0.3, -0.25) is 14.4 Å². The monoisotopic (exact) mass is 489 g/mol. The molecule has 11 heteroatoms. The Balaban J connectivity index is 1.50. The van der Waals surface area contributed by atoms with Crippen molar-refractivity contribution in [2.24, 2.45) is 0 Å². The molecule has 0 fully saturated rings. The smallest absolute Gasteiger partial charge is 0.349 e. The average Bonchev–Trinajstić information content (AvgIpc) is 3.43. The molecule has 0 unspecified atom stereocenters. The van der Waals surface area contributed by atoms with Gasteiger partial charge in [-0.2, -0.15) is 0 Å². The summed E-state index contributed by atoms with van der Waals surface area (Å²) in [4.78, 5) is 50.3. The van der Waals surface area contributed by atoms with E-state index >= 15 is 0 Å². The maximum Gasteiger partial charge on any atom is 0.349 e. The van der Waals surface area contributed by atoms with Crippen LogP contribution in [0.15, 0.2) is 53.1 Å². The van der Waals surface area contributed by atoms with Crippen molar-refractivity contribution in [3.8, 4) is 0 Å². The summed E-state index contributed by atoms with van der Waals surface area (Å²) in [5.41, 5.74) is 1.01. The molecule has 9 nitrogen and oxygen atoms in total. The molecule has 172 valence electrons. The third-order valence-electron chi connectivity index (χ3n) is 4.37. The highest BCUT2D eigenvalue weighted by Gasteiger charge is 2.20. The molecule has 3 rings (SSSR count). The van der Waals surface area contributed by atoms with Crippen LogP contribution < -0.4 is 10.6 Å². The van der Waals surface area contributed by atoms with Gasteiger partial charge in [0.2, 0.25) is 5.91 Å². The second kappa shape index (κ2) is 10.8. The summed E-state index contributed by atoms with van der Waals surface area (Å²) in [6.07, 6.45) is 1.38. The van der Waals surface area contributed by atoms with Crippen LogP contribution in [0.3, 0.4) is 0 Å². The molecule has 2 N–H and O–H groups in total. The third-order valence-corrected chi connectivity index (χ3v) is 5.83. The molecule has 0 spiro atoms. The van der Waals surface area contributed by atoms with Crippen LogP contribution in [0.4, 0.5) is 10.7 Å². The van der Waals surface area contributed by atoms with E-state index in [1.165, 1.54) is 19.4 Å². The fourth-order valence-electron chi connectivity index (χ4n) is 2.69. The Hall–Kier alpha value is -3.63. The van der Waals surface area contributed by atoms with E-state index in [9.17, 15) is 19.2 Å². The average molecular weight is 490 g/mol. The molecule has 2 heterocycles. The predicted octanol–water partition coefficient (Wildman–Crippen LogP) is 3.81. The number of anilines is 2. The number of halogens is 1. The summed E-state index contributed by atoms with van der Waals surface area (Å²) in [5, 5.41) is 6.05. The van der Waals surface area contributed by atoms with Crippen LogP contribution in [0.2, 0.25) is 5.02 Å². The lowest BCUT2D eigenvalue weighted by atomic mass is 10.3. The van der Waals surface area contributed by atoms with Crippen LogP contribution in [0.25, 0.3) is 0 Å². The molecule has 3 amide bonds. The number of benzene rings is 1. The van der Waals surface area contributed by atoms with E-state index in [0.29, 0.717) is 21.3 Å². The minimum atomic E-state index is -0.710. The SMILES string of the molecule is Cc1cc(NC(=O)c2ccco2)sc1C(=O)OCC(=O)N(C)CC(=O)Nc1ccccc1Cl. The van der Waals surface area contributed by atoms with Crippen LogP contribution >= 0.6 is 22.9 Å². The minimum Gasteiger partial charge on any atom is -0.459 e. The number of esters is 1. The van der Waals surface area contributed by atoms with E-state index in [2.05, 4.69) is 10.6 Å². The molecule has 0 saturated heterocycles. The second-order valence-electron chi connectivity index (χ2n) is 6.91. The molecule has 0 atom stereocenters. The third kappa shape index (κ3) is 6.43. The zero-order valence-corrected chi connectivity index (χ0v) is 19.3. The van der Waals surface area contributed by atoms with E-state index < -0.39 is 30.3 Å². The second-order valence-corrected chi connectivity index (χ2v) is 8.37. The van der Waals surface area contributed by atoms with Gasteiger partial charge in [0.1, 0.15) is 4.88 Å². The fraction of sp³-hybridized carbons (Fsp3) is 0.182. The van der Waals surface area contributed by atoms with Crippen molar-refractivity contribution >= 4 is 57.3 Å². The summed E-state index contributed by atoms with van der Waals surface area (Å²) < 4.78 is 10.1. The van der Waals surface area contributed by atoms with E-state index in [1.807, 2.05) is 0 Å². The van der Waals surface area contributed by atoms with Crippen molar-refractivity contribution in [1.29, 1.82) is 0 Å². The Labute approximate surface area is 198 Å². The number of nitrogens with zero attached hydrogens (tertiary/aromatic N) is 1. The summed E-state index contributed by atoms with van der Waals surface area (Å²) >= 11 is 7.02. The van der Waals surface area contributed by atoms with E-state index in [4.69, 9.17) is 20.8 Å². The van der Waals surface area contributed by atoms with Crippen LogP contribution in [-0.4, -0.2) is 48.8 Å². The fourth-order valence-corrected chi connectivity index (χ4v) is 3.83. The Morgan fingerprint density at radius 3 is 2.58 bits per heavy atom. The number of hydrogen-bond donors (Lipinski definition) is 2. The zero-order valence-electron chi connectivity index (χ0n) is 17.7. The van der Waals surface area contributed by atoms with Gasteiger partial charge in [0.25, 0.3) is 11.8 Å². The number of rotatable bonds is 8. The number of likely N-dealkylation sites (N-methyl/N-ethyl adjacent to an activating group) is 1. The van der Waals surface area contributed by atoms with Gasteiger partial charge in [-0.25, -0.2) is 4.79 Å². The van der Waals surface area contributed by atoms with Gasteiger partial charge >= 0.3 is 5.97 Å². The maximum absolute atomic E-state index is 12.4. The highest BCUT2D eigenvalue weighted by atomic mass is 35.5. The largest absolute Gasteiger partial charge is 0.459 e. The lowest BCUT2D eigenvalue weighted by molar-refractivity contribution is -0.136. The Kier molecular flexibility index (Phi) is 7.86. The standard InChI is InChI=1S/C22H20ClN3O6S/c1-13-10-18(25-21(29)16-8-5-9-31-16)33-20(13)22(30)32-12-19(28)26(2)11-17(27)24-15-7-4-3-6-14(15)23/h3-10H,11-12H2,1-2H3,(H,24,27)(H,25,29). The number of furan rings is 1. The van der Waals surface area contributed by atoms with Crippen molar-refractivity contribution in [1.82, 2.24) is 4.90 Å². The van der Waals surface area contributed by atoms with Crippen molar-refractivity contribution in [3.63, 3.8) is 0 Å². The number of aryl methyl sites for hydroxylation is 1. The highest BCUT2D eigenvalue weighted by Crippen LogP contribution is 2.28. The first-order valence-electron chi connectivity index (χ1n) is 9.65. The van der Waals surface area contributed by atoms with E-state index in [0.717, 1.165) is 16.2 Å². The topological polar surface area (TPSA) is 118 Å². The molecule has 0 radical (unpaired) electrons. The number of para-hydroxylation sites is 1. The molecule has 3 aromatic rings. The number of nitrogens with one attached hydrogen (secondary N) is 2. The molecule has 0 aliphatic rings. The summed E-state index contributed by atoms with van der Waals surface area (Å²) in [6.45, 7) is 0.894. The van der Waals surface area contributed by atoms with Gasteiger partial charge in [0, 0.05) is 7.05 Å². The first-order chi connectivity index (χ1) is 15.7. The number of carbonyl (C=O) groups is 4. The van der Waals surface area contributed by atoms with Crippen LogP contribution in [-0.2, 0) is 14.3 Å². The van der Waals surface area contributed by atoms with E-state index in [1.54, 1.807) is 43.3 Å². The zero-order chi connectivity index (χ0) is 24.0. The Morgan fingerprint density at radius 1 is 1.12 bits per heavy atom. The molecule has 1 aromatic carbocycles. The van der Waals surface area contributed by atoms with Gasteiger partial charge in [-0.05, 0) is 42.8 Å². The predicted molar refractivity (Wildman–Crippen MR) is 124 cm³/mol. The lowest BCUT2D eigenvalue weighted by Crippen LogP contribution is -2.37.